The van der Waals surface area contributed by atoms with Gasteiger partial charge in [0.1, 0.15) is 5.82 Å². The van der Waals surface area contributed by atoms with Gasteiger partial charge in [-0.05, 0) is 18.2 Å². The molecule has 0 unspecified atom stereocenters. The van der Waals surface area contributed by atoms with E-state index < -0.39 is 11.9 Å². The molecular formula is C17H14N2O4. The molecule has 6 heteroatoms. The largest absolute Gasteiger partial charge is 0.481 e. The molecule has 1 heterocycles. The van der Waals surface area contributed by atoms with Gasteiger partial charge in [0, 0.05) is 12.1 Å². The molecule has 3 rings (SSSR count). The van der Waals surface area contributed by atoms with Crippen LogP contribution in [-0.4, -0.2) is 31.7 Å². The minimum absolute atomic E-state index is 0.0669. The Bertz CT molecular complexity index is 884. The molecular weight excluding hydrogens is 296 g/mol. The van der Waals surface area contributed by atoms with Gasteiger partial charge in [-0.15, -0.1) is 0 Å². The quantitative estimate of drug-likeness (QED) is 0.756. The Morgan fingerprint density at radius 3 is 2.43 bits per heavy atom. The molecule has 3 aromatic rings. The van der Waals surface area contributed by atoms with Gasteiger partial charge < -0.3 is 14.8 Å². The minimum atomic E-state index is -1.03. The second-order valence-corrected chi connectivity index (χ2v) is 5.11. The Hall–Kier alpha value is -3.15. The average Bonchev–Trinajstić information content (AvgIpc) is 2.91. The second kappa shape index (κ2) is 5.92. The Kier molecular flexibility index (Phi) is 3.80. The van der Waals surface area contributed by atoms with E-state index in [0.29, 0.717) is 16.9 Å². The molecule has 0 fully saturated rings. The predicted octanol–water partition coefficient (Wildman–Crippen LogP) is 2.88. The van der Waals surface area contributed by atoms with Crippen molar-refractivity contribution < 1.29 is 19.8 Å². The first-order valence-corrected chi connectivity index (χ1v) is 7.07. The lowest BCUT2D eigenvalue weighted by Gasteiger charge is -2.08. The van der Waals surface area contributed by atoms with E-state index in [2.05, 4.69) is 4.98 Å². The van der Waals surface area contributed by atoms with Gasteiger partial charge in [-0.3, -0.25) is 4.79 Å². The summed E-state index contributed by atoms with van der Waals surface area (Å²) in [6.07, 6.45) is -0.0669. The van der Waals surface area contributed by atoms with Gasteiger partial charge in [0.2, 0.25) is 0 Å². The lowest BCUT2D eigenvalue weighted by atomic mass is 10.2. The Morgan fingerprint density at radius 2 is 1.78 bits per heavy atom. The van der Waals surface area contributed by atoms with Crippen molar-refractivity contribution in [1.29, 1.82) is 0 Å². The number of imidazole rings is 1. The maximum atomic E-state index is 11.2. The number of aliphatic carboxylic acids is 1. The van der Waals surface area contributed by atoms with Crippen molar-refractivity contribution in [2.45, 2.75) is 13.0 Å². The number of carbonyl (C=O) groups is 2. The van der Waals surface area contributed by atoms with E-state index in [1.807, 2.05) is 30.3 Å². The van der Waals surface area contributed by atoms with Crippen molar-refractivity contribution >= 4 is 23.0 Å². The SMILES string of the molecule is O=C(O)CCn1c(-c2ccccc2)nc2ccc(C(=O)O)cc21. The molecule has 0 aliphatic rings. The Morgan fingerprint density at radius 1 is 1.04 bits per heavy atom. The molecule has 0 atom stereocenters. The van der Waals surface area contributed by atoms with Crippen LogP contribution in [0.1, 0.15) is 16.8 Å². The van der Waals surface area contributed by atoms with E-state index in [0.717, 1.165) is 5.56 Å². The van der Waals surface area contributed by atoms with Gasteiger partial charge in [-0.2, -0.15) is 0 Å². The van der Waals surface area contributed by atoms with Crippen molar-refractivity contribution in [2.75, 3.05) is 0 Å². The number of hydrogen-bond donors (Lipinski definition) is 2. The van der Waals surface area contributed by atoms with Crippen LogP contribution in [0.4, 0.5) is 0 Å². The molecule has 0 saturated carbocycles. The molecule has 0 radical (unpaired) electrons. The number of nitrogens with zero attached hydrogens (tertiary/aromatic N) is 2. The van der Waals surface area contributed by atoms with Crippen LogP contribution in [0, 0.1) is 0 Å². The van der Waals surface area contributed by atoms with Gasteiger partial charge in [-0.1, -0.05) is 30.3 Å². The van der Waals surface area contributed by atoms with Gasteiger partial charge in [0.15, 0.2) is 0 Å². The minimum Gasteiger partial charge on any atom is -0.481 e. The van der Waals surface area contributed by atoms with Crippen molar-refractivity contribution in [3.05, 3.63) is 54.1 Å². The van der Waals surface area contributed by atoms with Crippen molar-refractivity contribution in [3.8, 4) is 11.4 Å². The smallest absolute Gasteiger partial charge is 0.335 e. The summed E-state index contributed by atoms with van der Waals surface area (Å²) in [5.74, 6) is -1.32. The number of carboxylic acids is 2. The normalized spacial score (nSPS) is 10.8. The maximum Gasteiger partial charge on any atom is 0.335 e. The Labute approximate surface area is 131 Å². The van der Waals surface area contributed by atoms with E-state index in [-0.39, 0.29) is 18.5 Å². The second-order valence-electron chi connectivity index (χ2n) is 5.11. The third kappa shape index (κ3) is 2.91. The number of aryl methyl sites for hydroxylation is 1. The predicted molar refractivity (Wildman–Crippen MR) is 84.4 cm³/mol. The van der Waals surface area contributed by atoms with Crippen LogP contribution in [0.3, 0.4) is 0 Å². The van der Waals surface area contributed by atoms with E-state index in [9.17, 15) is 9.59 Å². The number of benzene rings is 2. The molecule has 116 valence electrons. The van der Waals surface area contributed by atoms with Gasteiger partial charge in [0.25, 0.3) is 0 Å². The van der Waals surface area contributed by atoms with Crippen LogP contribution in [0.15, 0.2) is 48.5 Å². The molecule has 0 bridgehead atoms. The molecule has 0 spiro atoms. The first-order chi connectivity index (χ1) is 11.1. The van der Waals surface area contributed by atoms with Gasteiger partial charge >= 0.3 is 11.9 Å². The molecule has 1 aromatic heterocycles. The number of hydrogen-bond acceptors (Lipinski definition) is 3. The van der Waals surface area contributed by atoms with Crippen LogP contribution in [0.25, 0.3) is 22.4 Å². The molecule has 0 amide bonds. The summed E-state index contributed by atoms with van der Waals surface area (Å²) in [4.78, 5) is 26.6. The summed E-state index contributed by atoms with van der Waals surface area (Å²) in [6, 6.07) is 14.1. The van der Waals surface area contributed by atoms with Crippen LogP contribution < -0.4 is 0 Å². The number of carboxylic acid groups (broad SMARTS) is 2. The zero-order valence-electron chi connectivity index (χ0n) is 12.1. The zero-order valence-corrected chi connectivity index (χ0v) is 12.1. The first kappa shape index (κ1) is 14.8. The standard InChI is InChI=1S/C17H14N2O4/c20-15(21)8-9-19-14-10-12(17(22)23)6-7-13(14)18-16(19)11-4-2-1-3-5-11/h1-7,10H,8-9H2,(H,20,21)(H,22,23). The summed E-state index contributed by atoms with van der Waals surface area (Å²) < 4.78 is 1.76. The lowest BCUT2D eigenvalue weighted by Crippen LogP contribution is -2.06. The van der Waals surface area contributed by atoms with Crippen LogP contribution in [-0.2, 0) is 11.3 Å². The van der Waals surface area contributed by atoms with Crippen molar-refractivity contribution in [2.24, 2.45) is 0 Å². The monoisotopic (exact) mass is 310 g/mol. The highest BCUT2D eigenvalue weighted by Gasteiger charge is 2.15. The summed E-state index contributed by atoms with van der Waals surface area (Å²) in [5, 5.41) is 18.1. The Balaban J connectivity index is 2.20. The van der Waals surface area contributed by atoms with Crippen LogP contribution in [0.5, 0.6) is 0 Å². The molecule has 0 aliphatic heterocycles. The van der Waals surface area contributed by atoms with E-state index >= 15 is 0 Å². The highest BCUT2D eigenvalue weighted by Crippen LogP contribution is 2.26. The van der Waals surface area contributed by atoms with E-state index in [1.165, 1.54) is 12.1 Å². The first-order valence-electron chi connectivity index (χ1n) is 7.07. The fourth-order valence-corrected chi connectivity index (χ4v) is 2.50. The van der Waals surface area contributed by atoms with Crippen molar-refractivity contribution in [3.63, 3.8) is 0 Å². The van der Waals surface area contributed by atoms with Crippen LogP contribution in [0.2, 0.25) is 0 Å². The third-order valence-electron chi connectivity index (χ3n) is 3.58. The maximum absolute atomic E-state index is 11.2. The van der Waals surface area contributed by atoms with E-state index in [4.69, 9.17) is 10.2 Å². The highest BCUT2D eigenvalue weighted by molar-refractivity contribution is 5.93. The number of fused-ring (bicyclic) bond motifs is 1. The molecule has 23 heavy (non-hydrogen) atoms. The average molecular weight is 310 g/mol. The van der Waals surface area contributed by atoms with Crippen LogP contribution >= 0.6 is 0 Å². The number of aromatic carboxylic acids is 1. The van der Waals surface area contributed by atoms with Crippen molar-refractivity contribution in [1.82, 2.24) is 9.55 Å². The molecule has 0 aliphatic carbocycles. The highest BCUT2D eigenvalue weighted by atomic mass is 16.4. The molecule has 2 aromatic carbocycles. The summed E-state index contributed by atoms with van der Waals surface area (Å²) in [5.41, 5.74) is 2.25. The molecule has 6 nitrogen and oxygen atoms in total. The lowest BCUT2D eigenvalue weighted by molar-refractivity contribution is -0.137. The summed E-state index contributed by atoms with van der Waals surface area (Å²) >= 11 is 0. The third-order valence-corrected chi connectivity index (χ3v) is 3.58. The van der Waals surface area contributed by atoms with Gasteiger partial charge in [0.05, 0.1) is 23.0 Å². The summed E-state index contributed by atoms with van der Waals surface area (Å²) in [6.45, 7) is 0.221. The molecule has 0 saturated heterocycles. The fraction of sp³-hybridized carbons (Fsp3) is 0.118. The number of rotatable bonds is 5. The topological polar surface area (TPSA) is 92.4 Å². The molecule has 2 N–H and O–H groups in total. The fourth-order valence-electron chi connectivity index (χ4n) is 2.50. The zero-order chi connectivity index (χ0) is 16.4. The number of aromatic nitrogens is 2. The summed E-state index contributed by atoms with van der Waals surface area (Å²) in [7, 11) is 0. The van der Waals surface area contributed by atoms with E-state index in [1.54, 1.807) is 10.6 Å². The van der Waals surface area contributed by atoms with Gasteiger partial charge in [-0.25, -0.2) is 9.78 Å².